The van der Waals surface area contributed by atoms with Crippen molar-refractivity contribution in [1.29, 1.82) is 0 Å². The van der Waals surface area contributed by atoms with Crippen LogP contribution in [0.25, 0.3) is 10.8 Å². The number of halogens is 2. The molecular formula is C22H28Cl2N6. The molecule has 2 fully saturated rings. The molecule has 0 bridgehead atoms. The maximum atomic E-state index is 6.01. The molecule has 8 heteroatoms. The first-order valence-electron chi connectivity index (χ1n) is 10.0. The number of nitrogens with two attached hydrogens (primary N) is 2. The normalized spacial score (nSPS) is 20.8. The summed E-state index contributed by atoms with van der Waals surface area (Å²) in [6, 6.07) is 17.5. The summed E-state index contributed by atoms with van der Waals surface area (Å²) in [5.74, 6) is 1.74. The summed E-state index contributed by atoms with van der Waals surface area (Å²) in [5, 5.41) is 2.60. The molecule has 2 aliphatic rings. The topological polar surface area (TPSA) is 84.3 Å². The van der Waals surface area contributed by atoms with E-state index < -0.39 is 0 Å². The third-order valence-electron chi connectivity index (χ3n) is 6.05. The minimum Gasteiger partial charge on any atom is -0.368 e. The van der Waals surface area contributed by atoms with E-state index >= 15 is 0 Å². The number of nitrogen functional groups attached to an aromatic ring is 1. The summed E-state index contributed by atoms with van der Waals surface area (Å²) in [4.78, 5) is 13.8. The van der Waals surface area contributed by atoms with Crippen LogP contribution in [0, 0.1) is 0 Å². The third-order valence-corrected chi connectivity index (χ3v) is 6.05. The van der Waals surface area contributed by atoms with E-state index in [0.29, 0.717) is 17.9 Å². The largest absolute Gasteiger partial charge is 0.368 e. The van der Waals surface area contributed by atoms with Crippen molar-refractivity contribution in [2.24, 2.45) is 5.73 Å². The zero-order valence-corrected chi connectivity index (χ0v) is 18.4. The Hall–Kier alpha value is -2.28. The molecule has 2 aromatic carbocycles. The van der Waals surface area contributed by atoms with Crippen LogP contribution in [0.3, 0.4) is 0 Å². The number of piperazine rings is 1. The van der Waals surface area contributed by atoms with E-state index in [-0.39, 0.29) is 24.8 Å². The van der Waals surface area contributed by atoms with E-state index in [9.17, 15) is 0 Å². The highest BCUT2D eigenvalue weighted by atomic mass is 35.5. The Bertz CT molecular complexity index is 995. The Kier molecular flexibility index (Phi) is 6.91. The molecule has 1 saturated carbocycles. The third kappa shape index (κ3) is 4.26. The van der Waals surface area contributed by atoms with Crippen molar-refractivity contribution < 1.29 is 0 Å². The zero-order chi connectivity index (χ0) is 19.1. The van der Waals surface area contributed by atoms with Crippen molar-refractivity contribution in [1.82, 2.24) is 9.97 Å². The number of rotatable bonds is 3. The summed E-state index contributed by atoms with van der Waals surface area (Å²) in [6.45, 7) is 3.76. The standard InChI is InChI=1S/C22H26N6.2ClH/c23-17-12-16(13-17)19-14-21(26-22(24)25-19)28-10-8-27(9-11-28)20-7-3-5-15-4-1-2-6-18(15)20;;/h1-7,14,16-17H,8-13,23H2,(H2,24,25,26);2*1H. The van der Waals surface area contributed by atoms with Gasteiger partial charge >= 0.3 is 0 Å². The van der Waals surface area contributed by atoms with Gasteiger partial charge in [0.15, 0.2) is 0 Å². The Morgan fingerprint density at radius 1 is 0.833 bits per heavy atom. The maximum absolute atomic E-state index is 6.01. The Morgan fingerprint density at radius 3 is 2.23 bits per heavy atom. The molecule has 0 spiro atoms. The van der Waals surface area contributed by atoms with E-state index in [0.717, 1.165) is 50.5 Å². The van der Waals surface area contributed by atoms with Gasteiger partial charge in [-0.3, -0.25) is 0 Å². The first kappa shape index (κ1) is 22.4. The van der Waals surface area contributed by atoms with E-state index in [4.69, 9.17) is 11.5 Å². The van der Waals surface area contributed by atoms with Gasteiger partial charge in [0.1, 0.15) is 5.82 Å². The lowest BCUT2D eigenvalue weighted by atomic mass is 9.78. The van der Waals surface area contributed by atoms with Crippen LogP contribution in [0.5, 0.6) is 0 Å². The molecule has 0 unspecified atom stereocenters. The number of anilines is 3. The minimum atomic E-state index is 0. The highest BCUT2D eigenvalue weighted by Gasteiger charge is 2.30. The van der Waals surface area contributed by atoms with Gasteiger partial charge in [-0.2, -0.15) is 4.98 Å². The molecule has 160 valence electrons. The summed E-state index contributed by atoms with van der Waals surface area (Å²) >= 11 is 0. The second-order valence-corrected chi connectivity index (χ2v) is 7.91. The van der Waals surface area contributed by atoms with Crippen LogP contribution < -0.4 is 21.3 Å². The van der Waals surface area contributed by atoms with E-state index in [1.165, 1.54) is 16.5 Å². The number of hydrogen-bond donors (Lipinski definition) is 2. The molecule has 0 radical (unpaired) electrons. The smallest absolute Gasteiger partial charge is 0.222 e. The Balaban J connectivity index is 0.00000128. The monoisotopic (exact) mass is 446 g/mol. The molecule has 3 aromatic rings. The van der Waals surface area contributed by atoms with Gasteiger partial charge in [-0.05, 0) is 24.3 Å². The van der Waals surface area contributed by atoms with Crippen molar-refractivity contribution >= 4 is 53.0 Å². The lowest BCUT2D eigenvalue weighted by Crippen LogP contribution is -2.47. The SMILES string of the molecule is Cl.Cl.Nc1nc(C2CC(N)C2)cc(N2CCN(c3cccc4ccccc34)CC2)n1. The van der Waals surface area contributed by atoms with Crippen molar-refractivity contribution in [3.05, 3.63) is 54.2 Å². The highest BCUT2D eigenvalue weighted by molar-refractivity contribution is 5.94. The predicted octanol–water partition coefficient (Wildman–Crippen LogP) is 3.59. The van der Waals surface area contributed by atoms with Crippen LogP contribution in [-0.2, 0) is 0 Å². The highest BCUT2D eigenvalue weighted by Crippen LogP contribution is 2.36. The van der Waals surface area contributed by atoms with Gasteiger partial charge < -0.3 is 21.3 Å². The Labute approximate surface area is 189 Å². The molecule has 6 nitrogen and oxygen atoms in total. The van der Waals surface area contributed by atoms with Gasteiger partial charge in [-0.25, -0.2) is 4.98 Å². The average molecular weight is 447 g/mol. The van der Waals surface area contributed by atoms with Gasteiger partial charge in [-0.15, -0.1) is 24.8 Å². The lowest BCUT2D eigenvalue weighted by molar-refractivity contribution is 0.345. The summed E-state index contributed by atoms with van der Waals surface area (Å²) in [5.41, 5.74) is 14.3. The summed E-state index contributed by atoms with van der Waals surface area (Å²) in [7, 11) is 0. The molecular weight excluding hydrogens is 419 g/mol. The van der Waals surface area contributed by atoms with E-state index in [1.807, 2.05) is 0 Å². The number of nitrogens with zero attached hydrogens (tertiary/aromatic N) is 4. The van der Waals surface area contributed by atoms with E-state index in [1.54, 1.807) is 0 Å². The van der Waals surface area contributed by atoms with Crippen LogP contribution in [0.2, 0.25) is 0 Å². The number of benzene rings is 2. The predicted molar refractivity (Wildman–Crippen MR) is 129 cm³/mol. The van der Waals surface area contributed by atoms with Crippen LogP contribution in [0.15, 0.2) is 48.5 Å². The number of hydrogen-bond acceptors (Lipinski definition) is 6. The van der Waals surface area contributed by atoms with Gasteiger partial charge in [0, 0.05) is 55.3 Å². The summed E-state index contributed by atoms with van der Waals surface area (Å²) < 4.78 is 0. The lowest BCUT2D eigenvalue weighted by Gasteiger charge is -2.38. The van der Waals surface area contributed by atoms with Crippen molar-refractivity contribution in [2.75, 3.05) is 41.7 Å². The van der Waals surface area contributed by atoms with Crippen molar-refractivity contribution in [3.63, 3.8) is 0 Å². The van der Waals surface area contributed by atoms with Gasteiger partial charge in [0.25, 0.3) is 0 Å². The molecule has 4 N–H and O–H groups in total. The molecule has 1 aliphatic carbocycles. The molecule has 1 aliphatic heterocycles. The van der Waals surface area contributed by atoms with Crippen LogP contribution in [-0.4, -0.2) is 42.2 Å². The molecule has 5 rings (SSSR count). The van der Waals surface area contributed by atoms with Crippen molar-refractivity contribution in [3.8, 4) is 0 Å². The fraction of sp³-hybridized carbons (Fsp3) is 0.364. The molecule has 2 heterocycles. The quantitative estimate of drug-likeness (QED) is 0.639. The second-order valence-electron chi connectivity index (χ2n) is 7.91. The Morgan fingerprint density at radius 2 is 1.50 bits per heavy atom. The molecule has 1 saturated heterocycles. The number of fused-ring (bicyclic) bond motifs is 1. The van der Waals surface area contributed by atoms with Crippen LogP contribution in [0.4, 0.5) is 17.5 Å². The first-order valence-corrected chi connectivity index (χ1v) is 10.0. The zero-order valence-electron chi connectivity index (χ0n) is 16.8. The van der Waals surface area contributed by atoms with Gasteiger partial charge in [0.05, 0.1) is 5.69 Å². The van der Waals surface area contributed by atoms with Gasteiger partial charge in [-0.1, -0.05) is 36.4 Å². The van der Waals surface area contributed by atoms with Crippen LogP contribution >= 0.6 is 24.8 Å². The molecule has 0 amide bonds. The van der Waals surface area contributed by atoms with Gasteiger partial charge in [0.2, 0.25) is 5.95 Å². The molecule has 0 atom stereocenters. The first-order chi connectivity index (χ1) is 13.7. The number of aromatic nitrogens is 2. The fourth-order valence-electron chi connectivity index (χ4n) is 4.41. The maximum Gasteiger partial charge on any atom is 0.222 e. The average Bonchev–Trinajstić information content (AvgIpc) is 2.71. The fourth-order valence-corrected chi connectivity index (χ4v) is 4.41. The summed E-state index contributed by atoms with van der Waals surface area (Å²) in [6.07, 6.45) is 1.98. The molecule has 30 heavy (non-hydrogen) atoms. The van der Waals surface area contributed by atoms with E-state index in [2.05, 4.69) is 68.3 Å². The molecule has 1 aromatic heterocycles. The van der Waals surface area contributed by atoms with Crippen LogP contribution in [0.1, 0.15) is 24.5 Å². The second kappa shape index (κ2) is 9.25. The van der Waals surface area contributed by atoms with Crippen molar-refractivity contribution in [2.45, 2.75) is 24.8 Å². The minimum absolute atomic E-state index is 0.